The lowest BCUT2D eigenvalue weighted by atomic mass is 10.2. The summed E-state index contributed by atoms with van der Waals surface area (Å²) in [5.74, 6) is 1.26. The van der Waals surface area contributed by atoms with Crippen molar-refractivity contribution in [3.05, 3.63) is 58.6 Å². The number of benzene rings is 2. The highest BCUT2D eigenvalue weighted by Crippen LogP contribution is 2.29. The van der Waals surface area contributed by atoms with E-state index in [9.17, 15) is 0 Å². The normalized spacial score (nSPS) is 10.3. The molecule has 0 saturated heterocycles. The zero-order valence-electron chi connectivity index (χ0n) is 13.7. The number of halogens is 1. The third kappa shape index (κ3) is 5.09. The predicted octanol–water partition coefficient (Wildman–Crippen LogP) is 3.84. The highest BCUT2D eigenvalue weighted by Gasteiger charge is 2.10. The van der Waals surface area contributed by atoms with Gasteiger partial charge in [-0.2, -0.15) is 0 Å². The minimum absolute atomic E-state index is 0.367. The molecule has 0 fully saturated rings. The third-order valence-electron chi connectivity index (χ3n) is 3.36. The first-order valence-electron chi connectivity index (χ1n) is 7.47. The molecule has 4 nitrogen and oxygen atoms in total. The molecule has 0 heterocycles. The fraction of sp³-hybridized carbons (Fsp3) is 0.278. The van der Waals surface area contributed by atoms with Crippen LogP contribution in [0.2, 0.25) is 5.02 Å². The van der Waals surface area contributed by atoms with Crippen LogP contribution in [0.1, 0.15) is 11.1 Å². The molecule has 0 aliphatic carbocycles. The first-order valence-corrected chi connectivity index (χ1v) is 8.25. The van der Waals surface area contributed by atoms with E-state index in [1.54, 1.807) is 14.2 Å². The van der Waals surface area contributed by atoms with Crippen molar-refractivity contribution >= 4 is 28.8 Å². The van der Waals surface area contributed by atoms with Crippen LogP contribution in [-0.4, -0.2) is 32.4 Å². The lowest BCUT2D eigenvalue weighted by Crippen LogP contribution is -2.26. The van der Waals surface area contributed by atoms with E-state index in [2.05, 4.69) is 5.32 Å². The van der Waals surface area contributed by atoms with E-state index in [4.69, 9.17) is 38.0 Å². The van der Waals surface area contributed by atoms with Gasteiger partial charge < -0.3 is 19.5 Å². The fourth-order valence-electron chi connectivity index (χ4n) is 2.07. The van der Waals surface area contributed by atoms with Crippen LogP contribution in [0, 0.1) is 0 Å². The fourth-order valence-corrected chi connectivity index (χ4v) is 2.49. The lowest BCUT2D eigenvalue weighted by molar-refractivity contribution is 0.204. The van der Waals surface area contributed by atoms with Gasteiger partial charge in [0.25, 0.3) is 0 Å². The van der Waals surface area contributed by atoms with Crippen molar-refractivity contribution in [2.24, 2.45) is 0 Å². The maximum absolute atomic E-state index is 6.14. The van der Waals surface area contributed by atoms with Gasteiger partial charge in [0.15, 0.2) is 11.5 Å². The summed E-state index contributed by atoms with van der Waals surface area (Å²) < 4.78 is 16.2. The second-order valence-electron chi connectivity index (χ2n) is 4.99. The van der Waals surface area contributed by atoms with Crippen LogP contribution in [0.3, 0.4) is 0 Å². The van der Waals surface area contributed by atoms with E-state index < -0.39 is 0 Å². The van der Waals surface area contributed by atoms with Crippen molar-refractivity contribution in [1.82, 2.24) is 5.32 Å². The Morgan fingerprint density at radius 2 is 1.92 bits per heavy atom. The molecule has 2 aromatic carbocycles. The molecule has 0 aliphatic heterocycles. The van der Waals surface area contributed by atoms with Crippen molar-refractivity contribution in [2.75, 3.05) is 27.4 Å². The molecule has 1 N–H and O–H groups in total. The van der Waals surface area contributed by atoms with Crippen LogP contribution in [0.25, 0.3) is 0 Å². The minimum Gasteiger partial charge on any atom is -0.493 e. The van der Waals surface area contributed by atoms with E-state index in [0.717, 1.165) is 11.1 Å². The summed E-state index contributed by atoms with van der Waals surface area (Å²) in [6.07, 6.45) is 0. The molecule has 6 heteroatoms. The van der Waals surface area contributed by atoms with Gasteiger partial charge in [-0.05, 0) is 24.3 Å². The Labute approximate surface area is 152 Å². The Kier molecular flexibility index (Phi) is 7.31. The summed E-state index contributed by atoms with van der Waals surface area (Å²) in [5, 5.41) is 3.81. The Bertz CT molecular complexity index is 694. The number of thiocarbonyl (C=S) groups is 1. The van der Waals surface area contributed by atoms with E-state index >= 15 is 0 Å². The molecule has 0 bridgehead atoms. The molecule has 0 amide bonds. The zero-order chi connectivity index (χ0) is 17.4. The summed E-state index contributed by atoms with van der Waals surface area (Å²) in [7, 11) is 3.25. The van der Waals surface area contributed by atoms with Gasteiger partial charge in [-0.1, -0.05) is 42.0 Å². The van der Waals surface area contributed by atoms with Crippen molar-refractivity contribution in [1.29, 1.82) is 0 Å². The average molecular weight is 366 g/mol. The molecule has 2 aromatic rings. The Morgan fingerprint density at radius 3 is 2.62 bits per heavy atom. The van der Waals surface area contributed by atoms with Crippen LogP contribution >= 0.6 is 23.8 Å². The Balaban J connectivity index is 2.06. The van der Waals surface area contributed by atoms with Crippen LogP contribution in [0.15, 0.2) is 42.5 Å². The third-order valence-corrected chi connectivity index (χ3v) is 4.11. The molecule has 0 unspecified atom stereocenters. The maximum Gasteiger partial charge on any atom is 0.161 e. The van der Waals surface area contributed by atoms with Crippen molar-refractivity contribution in [3.63, 3.8) is 0 Å². The summed E-state index contributed by atoms with van der Waals surface area (Å²) in [5.41, 5.74) is 1.78. The molecule has 0 atom stereocenters. The summed E-state index contributed by atoms with van der Waals surface area (Å²) in [6, 6.07) is 13.2. The van der Waals surface area contributed by atoms with E-state index in [-0.39, 0.29) is 0 Å². The SMILES string of the molecule is COCCNC(=S)c1ccc(OCc2ccccc2Cl)c(OC)c1. The molecule has 0 spiro atoms. The second-order valence-corrected chi connectivity index (χ2v) is 5.81. The number of ether oxygens (including phenoxy) is 3. The van der Waals surface area contributed by atoms with Crippen molar-refractivity contribution in [2.45, 2.75) is 6.61 Å². The molecule has 2 rings (SSSR count). The second kappa shape index (κ2) is 9.47. The topological polar surface area (TPSA) is 39.7 Å². The molecule has 0 aliphatic rings. The van der Waals surface area contributed by atoms with Gasteiger partial charge in [0.05, 0.1) is 13.7 Å². The monoisotopic (exact) mass is 365 g/mol. The van der Waals surface area contributed by atoms with Gasteiger partial charge in [-0.3, -0.25) is 0 Å². The van der Waals surface area contributed by atoms with Crippen LogP contribution in [0.5, 0.6) is 11.5 Å². The standard InChI is InChI=1S/C18H20ClNO3S/c1-21-10-9-20-18(24)13-7-8-16(17(11-13)22-2)23-12-14-5-3-4-6-15(14)19/h3-8,11H,9-10,12H2,1-2H3,(H,20,24). The summed E-state index contributed by atoms with van der Waals surface area (Å²) in [4.78, 5) is 0.642. The van der Waals surface area contributed by atoms with Gasteiger partial charge in [0.2, 0.25) is 0 Å². The van der Waals surface area contributed by atoms with Gasteiger partial charge in [0.1, 0.15) is 11.6 Å². The first-order chi connectivity index (χ1) is 11.7. The molecule has 24 heavy (non-hydrogen) atoms. The van der Waals surface area contributed by atoms with Crippen LogP contribution < -0.4 is 14.8 Å². The molecular formula is C18H20ClNO3S. The molecule has 0 radical (unpaired) electrons. The van der Waals surface area contributed by atoms with Gasteiger partial charge in [-0.25, -0.2) is 0 Å². The van der Waals surface area contributed by atoms with E-state index in [1.807, 2.05) is 42.5 Å². The first kappa shape index (κ1) is 18.5. The number of nitrogens with one attached hydrogen (secondary N) is 1. The van der Waals surface area contributed by atoms with Gasteiger partial charge >= 0.3 is 0 Å². The average Bonchev–Trinajstić information content (AvgIpc) is 2.61. The quantitative estimate of drug-likeness (QED) is 0.568. The number of hydrogen-bond donors (Lipinski definition) is 1. The van der Waals surface area contributed by atoms with Gasteiger partial charge in [0, 0.05) is 29.8 Å². The highest BCUT2D eigenvalue weighted by atomic mass is 35.5. The Hall–Kier alpha value is -1.82. The molecular weight excluding hydrogens is 346 g/mol. The van der Waals surface area contributed by atoms with Crippen LogP contribution in [-0.2, 0) is 11.3 Å². The smallest absolute Gasteiger partial charge is 0.161 e. The maximum atomic E-state index is 6.14. The summed E-state index contributed by atoms with van der Waals surface area (Å²) in [6.45, 7) is 1.62. The van der Waals surface area contributed by atoms with E-state index in [0.29, 0.717) is 41.3 Å². The number of rotatable bonds is 8. The lowest BCUT2D eigenvalue weighted by Gasteiger charge is -2.14. The molecule has 128 valence electrons. The largest absolute Gasteiger partial charge is 0.493 e. The number of hydrogen-bond acceptors (Lipinski definition) is 4. The van der Waals surface area contributed by atoms with Gasteiger partial charge in [-0.15, -0.1) is 0 Å². The molecule has 0 aromatic heterocycles. The number of methoxy groups -OCH3 is 2. The molecule has 0 saturated carbocycles. The highest BCUT2D eigenvalue weighted by molar-refractivity contribution is 7.80. The van der Waals surface area contributed by atoms with Crippen molar-refractivity contribution in [3.8, 4) is 11.5 Å². The Morgan fingerprint density at radius 1 is 1.12 bits per heavy atom. The van der Waals surface area contributed by atoms with E-state index in [1.165, 1.54) is 0 Å². The zero-order valence-corrected chi connectivity index (χ0v) is 15.2. The summed E-state index contributed by atoms with van der Waals surface area (Å²) >= 11 is 11.5. The van der Waals surface area contributed by atoms with Crippen LogP contribution in [0.4, 0.5) is 0 Å². The minimum atomic E-state index is 0.367. The predicted molar refractivity (Wildman–Crippen MR) is 100 cm³/mol. The van der Waals surface area contributed by atoms with Crippen molar-refractivity contribution < 1.29 is 14.2 Å².